The fourth-order valence-corrected chi connectivity index (χ4v) is 1.52. The Morgan fingerprint density at radius 1 is 1.40 bits per heavy atom. The van der Waals surface area contributed by atoms with Gasteiger partial charge in [-0.15, -0.1) is 16.7 Å². The first-order valence-corrected chi connectivity index (χ1v) is 5.24. The molecule has 2 heterocycles. The highest BCUT2D eigenvalue weighted by Gasteiger charge is 2.00. The summed E-state index contributed by atoms with van der Waals surface area (Å²) in [6, 6.07) is 3.68. The Bertz CT molecular complexity index is 455. The molecular weight excluding hydrogens is 235 g/mol. The standard InChI is InChI=1S/C9H8Cl2N4/c10-4-8-6-15(14-13-8)5-7-1-2-12-9(11)3-7/h1-3,6H,4-5H2. The highest BCUT2D eigenvalue weighted by atomic mass is 35.5. The molecule has 0 aliphatic heterocycles. The van der Waals surface area contributed by atoms with Crippen molar-refractivity contribution in [3.63, 3.8) is 0 Å². The lowest BCUT2D eigenvalue weighted by Crippen LogP contribution is -2.00. The Balaban J connectivity index is 2.14. The second-order valence-corrected chi connectivity index (χ2v) is 3.68. The van der Waals surface area contributed by atoms with E-state index in [0.717, 1.165) is 11.3 Å². The van der Waals surface area contributed by atoms with Crippen LogP contribution in [0.25, 0.3) is 0 Å². The average molecular weight is 243 g/mol. The molecule has 0 fully saturated rings. The number of halogens is 2. The maximum absolute atomic E-state index is 5.77. The Morgan fingerprint density at radius 2 is 2.27 bits per heavy atom. The molecular formula is C9H8Cl2N4. The Labute approximate surface area is 96.8 Å². The van der Waals surface area contributed by atoms with Gasteiger partial charge in [0, 0.05) is 6.20 Å². The zero-order valence-electron chi connectivity index (χ0n) is 7.77. The minimum atomic E-state index is 0.372. The second kappa shape index (κ2) is 4.59. The van der Waals surface area contributed by atoms with Gasteiger partial charge < -0.3 is 0 Å². The van der Waals surface area contributed by atoms with Crippen LogP contribution < -0.4 is 0 Å². The lowest BCUT2D eigenvalue weighted by atomic mass is 10.3. The van der Waals surface area contributed by atoms with Crippen molar-refractivity contribution < 1.29 is 0 Å². The molecule has 0 spiro atoms. The van der Waals surface area contributed by atoms with Crippen molar-refractivity contribution in [2.45, 2.75) is 12.4 Å². The van der Waals surface area contributed by atoms with Gasteiger partial charge in [-0.3, -0.25) is 0 Å². The molecule has 4 nitrogen and oxygen atoms in total. The summed E-state index contributed by atoms with van der Waals surface area (Å²) in [4.78, 5) is 3.90. The molecule has 2 aromatic heterocycles. The SMILES string of the molecule is ClCc1cn(Cc2ccnc(Cl)c2)nn1. The van der Waals surface area contributed by atoms with Crippen molar-refractivity contribution in [1.29, 1.82) is 0 Å². The van der Waals surface area contributed by atoms with E-state index in [0.29, 0.717) is 17.6 Å². The van der Waals surface area contributed by atoms with Crippen molar-refractivity contribution >= 4 is 23.2 Å². The van der Waals surface area contributed by atoms with Crippen molar-refractivity contribution in [2.75, 3.05) is 0 Å². The van der Waals surface area contributed by atoms with Crippen LogP contribution in [0.1, 0.15) is 11.3 Å². The zero-order valence-corrected chi connectivity index (χ0v) is 9.28. The van der Waals surface area contributed by atoms with Gasteiger partial charge in [0.15, 0.2) is 0 Å². The van der Waals surface area contributed by atoms with E-state index in [-0.39, 0.29) is 0 Å². The van der Waals surface area contributed by atoms with Crippen LogP contribution in [0, 0.1) is 0 Å². The number of pyridine rings is 1. The van der Waals surface area contributed by atoms with Crippen LogP contribution in [-0.2, 0) is 12.4 Å². The minimum Gasteiger partial charge on any atom is -0.248 e. The first kappa shape index (κ1) is 10.4. The maximum atomic E-state index is 5.77. The molecule has 2 rings (SSSR count). The van der Waals surface area contributed by atoms with Gasteiger partial charge in [-0.1, -0.05) is 16.8 Å². The molecule has 6 heteroatoms. The molecule has 0 saturated carbocycles. The molecule has 15 heavy (non-hydrogen) atoms. The molecule has 2 aromatic rings. The van der Waals surface area contributed by atoms with E-state index >= 15 is 0 Å². The minimum absolute atomic E-state index is 0.372. The Morgan fingerprint density at radius 3 is 2.93 bits per heavy atom. The van der Waals surface area contributed by atoms with E-state index in [1.807, 2.05) is 6.07 Å². The molecule has 0 amide bonds. The quantitative estimate of drug-likeness (QED) is 0.612. The van der Waals surface area contributed by atoms with Gasteiger partial charge in [0.1, 0.15) is 5.15 Å². The van der Waals surface area contributed by atoms with Crippen LogP contribution >= 0.6 is 23.2 Å². The second-order valence-electron chi connectivity index (χ2n) is 3.03. The third kappa shape index (κ3) is 2.67. The molecule has 0 bridgehead atoms. The monoisotopic (exact) mass is 242 g/mol. The number of nitrogens with zero attached hydrogens (tertiary/aromatic N) is 4. The molecule has 0 N–H and O–H groups in total. The van der Waals surface area contributed by atoms with Crippen LogP contribution in [0.2, 0.25) is 5.15 Å². The van der Waals surface area contributed by atoms with Crippen LogP contribution in [0.4, 0.5) is 0 Å². The van der Waals surface area contributed by atoms with Crippen LogP contribution in [0.3, 0.4) is 0 Å². The van der Waals surface area contributed by atoms with E-state index in [1.54, 1.807) is 23.1 Å². The lowest BCUT2D eigenvalue weighted by Gasteiger charge is -2.00. The van der Waals surface area contributed by atoms with Gasteiger partial charge in [0.25, 0.3) is 0 Å². The predicted molar refractivity (Wildman–Crippen MR) is 57.9 cm³/mol. The smallest absolute Gasteiger partial charge is 0.129 e. The van der Waals surface area contributed by atoms with E-state index < -0.39 is 0 Å². The van der Waals surface area contributed by atoms with Gasteiger partial charge in [-0.05, 0) is 17.7 Å². The van der Waals surface area contributed by atoms with Crippen LogP contribution in [-0.4, -0.2) is 20.0 Å². The summed E-state index contributed by atoms with van der Waals surface area (Å²) in [5.41, 5.74) is 1.79. The van der Waals surface area contributed by atoms with E-state index in [9.17, 15) is 0 Å². The summed E-state index contributed by atoms with van der Waals surface area (Å²) in [5, 5.41) is 8.29. The molecule has 0 atom stereocenters. The summed E-state index contributed by atoms with van der Waals surface area (Å²) in [6.07, 6.45) is 3.47. The van der Waals surface area contributed by atoms with Gasteiger partial charge in [0.2, 0.25) is 0 Å². The van der Waals surface area contributed by atoms with Gasteiger partial charge >= 0.3 is 0 Å². The average Bonchev–Trinajstić information content (AvgIpc) is 2.65. The topological polar surface area (TPSA) is 43.6 Å². The molecule has 0 saturated heterocycles. The van der Waals surface area contributed by atoms with Crippen molar-refractivity contribution in [1.82, 2.24) is 20.0 Å². The maximum Gasteiger partial charge on any atom is 0.129 e. The third-order valence-corrected chi connectivity index (χ3v) is 2.34. The molecule has 0 aliphatic carbocycles. The Hall–Kier alpha value is -1.13. The molecule has 0 radical (unpaired) electrons. The summed E-state index contributed by atoms with van der Waals surface area (Å²) >= 11 is 11.4. The van der Waals surface area contributed by atoms with Gasteiger partial charge in [-0.25, -0.2) is 9.67 Å². The summed E-state index contributed by atoms with van der Waals surface area (Å²) in [7, 11) is 0. The summed E-state index contributed by atoms with van der Waals surface area (Å²) < 4.78 is 1.71. The number of aromatic nitrogens is 4. The molecule has 0 aliphatic rings. The lowest BCUT2D eigenvalue weighted by molar-refractivity contribution is 0.649. The van der Waals surface area contributed by atoms with Crippen molar-refractivity contribution in [3.05, 3.63) is 40.9 Å². The molecule has 78 valence electrons. The number of hydrogen-bond donors (Lipinski definition) is 0. The van der Waals surface area contributed by atoms with Crippen LogP contribution in [0.5, 0.6) is 0 Å². The largest absolute Gasteiger partial charge is 0.248 e. The number of alkyl halides is 1. The van der Waals surface area contributed by atoms with E-state index in [1.165, 1.54) is 0 Å². The Kier molecular flexibility index (Phi) is 3.18. The number of rotatable bonds is 3. The van der Waals surface area contributed by atoms with Gasteiger partial charge in [-0.2, -0.15) is 0 Å². The molecule has 0 unspecified atom stereocenters. The summed E-state index contributed by atoms with van der Waals surface area (Å²) in [5.74, 6) is 0.372. The van der Waals surface area contributed by atoms with Crippen molar-refractivity contribution in [2.24, 2.45) is 0 Å². The highest BCUT2D eigenvalue weighted by molar-refractivity contribution is 6.29. The normalized spacial score (nSPS) is 10.5. The van der Waals surface area contributed by atoms with E-state index in [4.69, 9.17) is 23.2 Å². The highest BCUT2D eigenvalue weighted by Crippen LogP contribution is 2.08. The van der Waals surface area contributed by atoms with Gasteiger partial charge in [0.05, 0.1) is 24.3 Å². The third-order valence-electron chi connectivity index (χ3n) is 1.86. The fourth-order valence-electron chi connectivity index (χ4n) is 1.21. The first-order chi connectivity index (χ1) is 7.28. The van der Waals surface area contributed by atoms with Crippen molar-refractivity contribution in [3.8, 4) is 0 Å². The predicted octanol–water partition coefficient (Wildman–Crippen LogP) is 2.11. The van der Waals surface area contributed by atoms with Crippen LogP contribution in [0.15, 0.2) is 24.5 Å². The first-order valence-electron chi connectivity index (χ1n) is 4.33. The summed E-state index contributed by atoms with van der Waals surface area (Å²) in [6.45, 7) is 0.617. The fraction of sp³-hybridized carbons (Fsp3) is 0.222. The molecule has 0 aromatic carbocycles. The van der Waals surface area contributed by atoms with E-state index in [2.05, 4.69) is 15.3 Å². The zero-order chi connectivity index (χ0) is 10.7. The number of hydrogen-bond acceptors (Lipinski definition) is 3.